The van der Waals surface area contributed by atoms with E-state index in [9.17, 15) is 0 Å². The lowest BCUT2D eigenvalue weighted by molar-refractivity contribution is 0.0644. The van der Waals surface area contributed by atoms with E-state index in [2.05, 4.69) is 45.5 Å². The van der Waals surface area contributed by atoms with Crippen LogP contribution in [0.2, 0.25) is 0 Å². The number of ether oxygens (including phenoxy) is 2. The summed E-state index contributed by atoms with van der Waals surface area (Å²) in [6.07, 6.45) is 2.25. The zero-order valence-corrected chi connectivity index (χ0v) is 13.0. The second kappa shape index (κ2) is 7.39. The standard InChI is InChI=1S/C15H22BrNO2/c1-18-9-10-19-8-4-7-15(11-17-12-15)13-5-2-3-6-14(13)16/h2-3,5-6,17H,4,7-12H2,1H3. The van der Waals surface area contributed by atoms with E-state index in [4.69, 9.17) is 9.47 Å². The first kappa shape index (κ1) is 15.0. The third-order valence-corrected chi connectivity index (χ3v) is 4.44. The van der Waals surface area contributed by atoms with Crippen LogP contribution >= 0.6 is 15.9 Å². The Bertz CT molecular complexity index is 393. The summed E-state index contributed by atoms with van der Waals surface area (Å²) in [6.45, 7) is 4.31. The first-order valence-corrected chi connectivity index (χ1v) is 7.60. The quantitative estimate of drug-likeness (QED) is 0.745. The van der Waals surface area contributed by atoms with Gasteiger partial charge in [-0.3, -0.25) is 0 Å². The summed E-state index contributed by atoms with van der Waals surface area (Å²) in [5.41, 5.74) is 1.70. The average molecular weight is 328 g/mol. The summed E-state index contributed by atoms with van der Waals surface area (Å²) in [5, 5.41) is 3.41. The van der Waals surface area contributed by atoms with Gasteiger partial charge in [-0.2, -0.15) is 0 Å². The molecular weight excluding hydrogens is 306 g/mol. The van der Waals surface area contributed by atoms with E-state index in [1.807, 2.05) is 0 Å². The average Bonchev–Trinajstić information content (AvgIpc) is 2.37. The Morgan fingerprint density at radius 2 is 2.00 bits per heavy atom. The maximum atomic E-state index is 5.55. The molecule has 0 bridgehead atoms. The topological polar surface area (TPSA) is 30.5 Å². The van der Waals surface area contributed by atoms with Crippen LogP contribution < -0.4 is 5.32 Å². The van der Waals surface area contributed by atoms with Gasteiger partial charge in [0.05, 0.1) is 13.2 Å². The van der Waals surface area contributed by atoms with E-state index < -0.39 is 0 Å². The van der Waals surface area contributed by atoms with Gasteiger partial charge in [-0.15, -0.1) is 0 Å². The van der Waals surface area contributed by atoms with Gasteiger partial charge in [0.25, 0.3) is 0 Å². The van der Waals surface area contributed by atoms with Crippen molar-refractivity contribution in [2.45, 2.75) is 18.3 Å². The van der Waals surface area contributed by atoms with Crippen molar-refractivity contribution in [3.63, 3.8) is 0 Å². The zero-order valence-electron chi connectivity index (χ0n) is 11.5. The second-order valence-corrected chi connectivity index (χ2v) is 5.93. The summed E-state index contributed by atoms with van der Waals surface area (Å²) < 4.78 is 11.7. The second-order valence-electron chi connectivity index (χ2n) is 5.07. The van der Waals surface area contributed by atoms with Crippen LogP contribution in [0.1, 0.15) is 18.4 Å². The van der Waals surface area contributed by atoms with Crippen molar-refractivity contribution in [1.82, 2.24) is 5.32 Å². The van der Waals surface area contributed by atoms with Gasteiger partial charge < -0.3 is 14.8 Å². The molecule has 0 spiro atoms. The highest BCUT2D eigenvalue weighted by Crippen LogP contribution is 2.37. The fourth-order valence-electron chi connectivity index (χ4n) is 2.58. The maximum Gasteiger partial charge on any atom is 0.0700 e. The molecular formula is C15H22BrNO2. The smallest absolute Gasteiger partial charge is 0.0700 e. The predicted molar refractivity (Wildman–Crippen MR) is 80.6 cm³/mol. The van der Waals surface area contributed by atoms with Crippen molar-refractivity contribution in [2.75, 3.05) is 40.0 Å². The van der Waals surface area contributed by atoms with Crippen LogP contribution in [-0.2, 0) is 14.9 Å². The molecule has 0 aromatic heterocycles. The van der Waals surface area contributed by atoms with Gasteiger partial charge in [-0.25, -0.2) is 0 Å². The Balaban J connectivity index is 1.84. The molecule has 1 aliphatic rings. The van der Waals surface area contributed by atoms with Gasteiger partial charge in [-0.05, 0) is 24.5 Å². The number of nitrogens with one attached hydrogen (secondary N) is 1. The number of methoxy groups -OCH3 is 1. The Labute approximate surface area is 123 Å². The summed E-state index contributed by atoms with van der Waals surface area (Å²) in [5.74, 6) is 0. The molecule has 1 fully saturated rings. The third kappa shape index (κ3) is 3.78. The first-order chi connectivity index (χ1) is 9.28. The van der Waals surface area contributed by atoms with Gasteiger partial charge in [0, 0.05) is 36.7 Å². The lowest BCUT2D eigenvalue weighted by Gasteiger charge is -2.44. The molecule has 0 saturated carbocycles. The highest BCUT2D eigenvalue weighted by molar-refractivity contribution is 9.10. The fourth-order valence-corrected chi connectivity index (χ4v) is 3.28. The van der Waals surface area contributed by atoms with E-state index in [0.29, 0.717) is 13.2 Å². The molecule has 2 rings (SSSR count). The van der Waals surface area contributed by atoms with Crippen LogP contribution in [0.25, 0.3) is 0 Å². The van der Waals surface area contributed by atoms with Crippen molar-refractivity contribution in [3.05, 3.63) is 34.3 Å². The predicted octanol–water partition coefficient (Wildman–Crippen LogP) is 2.73. The number of hydrogen-bond donors (Lipinski definition) is 1. The molecule has 0 atom stereocenters. The summed E-state index contributed by atoms with van der Waals surface area (Å²) >= 11 is 3.67. The van der Waals surface area contributed by atoms with E-state index in [1.165, 1.54) is 10.0 Å². The fraction of sp³-hybridized carbons (Fsp3) is 0.600. The van der Waals surface area contributed by atoms with Gasteiger partial charge >= 0.3 is 0 Å². The molecule has 1 heterocycles. The zero-order chi connectivity index (χ0) is 13.6. The molecule has 19 heavy (non-hydrogen) atoms. The number of rotatable bonds is 8. The van der Waals surface area contributed by atoms with Crippen molar-refractivity contribution in [3.8, 4) is 0 Å². The van der Waals surface area contributed by atoms with Crippen LogP contribution in [0, 0.1) is 0 Å². The van der Waals surface area contributed by atoms with Crippen LogP contribution in [0.5, 0.6) is 0 Å². The Kier molecular flexibility index (Phi) is 5.82. The minimum Gasteiger partial charge on any atom is -0.382 e. The van der Waals surface area contributed by atoms with Crippen LogP contribution in [-0.4, -0.2) is 40.0 Å². The van der Waals surface area contributed by atoms with Gasteiger partial charge in [0.2, 0.25) is 0 Å². The number of benzene rings is 1. The van der Waals surface area contributed by atoms with E-state index in [1.54, 1.807) is 7.11 Å². The largest absolute Gasteiger partial charge is 0.382 e. The molecule has 0 aliphatic carbocycles. The molecule has 0 radical (unpaired) electrons. The molecule has 1 aliphatic heterocycles. The Morgan fingerprint density at radius 3 is 2.63 bits per heavy atom. The SMILES string of the molecule is COCCOCCCC1(c2ccccc2Br)CNC1. The van der Waals surface area contributed by atoms with Gasteiger partial charge in [0.15, 0.2) is 0 Å². The molecule has 4 heteroatoms. The Morgan fingerprint density at radius 1 is 1.21 bits per heavy atom. The summed E-state index contributed by atoms with van der Waals surface area (Å²) in [6, 6.07) is 8.55. The molecule has 1 N–H and O–H groups in total. The molecule has 106 valence electrons. The lowest BCUT2D eigenvalue weighted by Crippen LogP contribution is -2.57. The summed E-state index contributed by atoms with van der Waals surface area (Å²) in [7, 11) is 1.70. The van der Waals surface area contributed by atoms with Crippen LogP contribution in [0.4, 0.5) is 0 Å². The highest BCUT2D eigenvalue weighted by atomic mass is 79.9. The first-order valence-electron chi connectivity index (χ1n) is 6.81. The van der Waals surface area contributed by atoms with Gasteiger partial charge in [0.1, 0.15) is 0 Å². The monoisotopic (exact) mass is 327 g/mol. The Hall–Kier alpha value is -0.420. The summed E-state index contributed by atoms with van der Waals surface area (Å²) in [4.78, 5) is 0. The maximum absolute atomic E-state index is 5.55. The van der Waals surface area contributed by atoms with Gasteiger partial charge in [-0.1, -0.05) is 34.1 Å². The number of halogens is 1. The molecule has 1 aromatic rings. The van der Waals surface area contributed by atoms with E-state index >= 15 is 0 Å². The number of hydrogen-bond acceptors (Lipinski definition) is 3. The van der Waals surface area contributed by atoms with Crippen LogP contribution in [0.15, 0.2) is 28.7 Å². The lowest BCUT2D eigenvalue weighted by atomic mass is 9.72. The minimum absolute atomic E-state index is 0.282. The van der Waals surface area contributed by atoms with E-state index in [-0.39, 0.29) is 5.41 Å². The third-order valence-electron chi connectivity index (χ3n) is 3.75. The molecule has 1 aromatic carbocycles. The van der Waals surface area contributed by atoms with Crippen molar-refractivity contribution >= 4 is 15.9 Å². The normalized spacial score (nSPS) is 17.2. The van der Waals surface area contributed by atoms with Crippen molar-refractivity contribution in [1.29, 1.82) is 0 Å². The van der Waals surface area contributed by atoms with Crippen molar-refractivity contribution in [2.24, 2.45) is 0 Å². The molecule has 0 unspecified atom stereocenters. The van der Waals surface area contributed by atoms with E-state index in [0.717, 1.165) is 32.5 Å². The molecule has 1 saturated heterocycles. The minimum atomic E-state index is 0.282. The molecule has 0 amide bonds. The highest BCUT2D eigenvalue weighted by Gasteiger charge is 2.39. The van der Waals surface area contributed by atoms with Crippen LogP contribution in [0.3, 0.4) is 0 Å². The van der Waals surface area contributed by atoms with Crippen molar-refractivity contribution < 1.29 is 9.47 Å². The molecule has 3 nitrogen and oxygen atoms in total.